The van der Waals surface area contributed by atoms with Gasteiger partial charge >= 0.3 is 5.97 Å². The lowest BCUT2D eigenvalue weighted by molar-refractivity contribution is 0.0590. The summed E-state index contributed by atoms with van der Waals surface area (Å²) in [4.78, 5) is 26.0. The number of carbonyl (C=O) groups excluding carboxylic acids is 2. The van der Waals surface area contributed by atoms with Gasteiger partial charge in [-0.15, -0.1) is 0 Å². The maximum absolute atomic E-state index is 11.2. The van der Waals surface area contributed by atoms with Gasteiger partial charge in [-0.3, -0.25) is 4.79 Å². The van der Waals surface area contributed by atoms with Gasteiger partial charge < -0.3 is 4.74 Å². The van der Waals surface area contributed by atoms with E-state index in [2.05, 4.69) is 9.72 Å². The van der Waals surface area contributed by atoms with E-state index in [1.807, 2.05) is 0 Å². The van der Waals surface area contributed by atoms with Crippen LogP contribution in [0.2, 0.25) is 5.15 Å². The minimum Gasteiger partial charge on any atom is -0.464 e. The number of hydrogen-bond donors (Lipinski definition) is 0. The van der Waals surface area contributed by atoms with Crippen molar-refractivity contribution in [1.82, 2.24) is 4.98 Å². The zero-order chi connectivity index (χ0) is 10.7. The largest absolute Gasteiger partial charge is 0.464 e. The molecule has 0 aromatic carbocycles. The van der Waals surface area contributed by atoms with Crippen LogP contribution in [0.25, 0.3) is 0 Å². The molecule has 4 nitrogen and oxygen atoms in total. The molecule has 0 bridgehead atoms. The van der Waals surface area contributed by atoms with Gasteiger partial charge in [0, 0.05) is 0 Å². The predicted molar refractivity (Wildman–Crippen MR) is 50.6 cm³/mol. The van der Waals surface area contributed by atoms with E-state index in [9.17, 15) is 9.59 Å². The third-order valence-electron chi connectivity index (χ3n) is 1.62. The number of aromatic nitrogens is 1. The SMILES string of the molecule is COC(=O)c1nc(Cl)ccc1C(C)=O. The zero-order valence-corrected chi connectivity index (χ0v) is 8.46. The number of Topliss-reactive ketones (excluding diaryl/α,β-unsaturated/α-hetero) is 1. The summed E-state index contributed by atoms with van der Waals surface area (Å²) in [6, 6.07) is 2.90. The molecule has 0 spiro atoms. The fourth-order valence-corrected chi connectivity index (χ4v) is 1.12. The molecule has 0 fully saturated rings. The third kappa shape index (κ3) is 2.09. The summed E-state index contributed by atoms with van der Waals surface area (Å²) in [6.45, 7) is 1.34. The molecule has 0 aliphatic carbocycles. The quantitative estimate of drug-likeness (QED) is 0.427. The Morgan fingerprint density at radius 3 is 2.57 bits per heavy atom. The van der Waals surface area contributed by atoms with Gasteiger partial charge in [0.2, 0.25) is 0 Å². The number of esters is 1. The van der Waals surface area contributed by atoms with Crippen LogP contribution < -0.4 is 0 Å². The van der Waals surface area contributed by atoms with E-state index in [0.29, 0.717) is 0 Å². The van der Waals surface area contributed by atoms with Crippen LogP contribution in [-0.2, 0) is 4.74 Å². The summed E-state index contributed by atoms with van der Waals surface area (Å²) in [5, 5.41) is 0.149. The van der Waals surface area contributed by atoms with Crippen molar-refractivity contribution in [1.29, 1.82) is 0 Å². The number of nitrogens with zero attached hydrogens (tertiary/aromatic N) is 1. The van der Waals surface area contributed by atoms with E-state index in [1.165, 1.54) is 26.2 Å². The van der Waals surface area contributed by atoms with Crippen molar-refractivity contribution in [3.05, 3.63) is 28.5 Å². The molecule has 74 valence electrons. The Balaban J connectivity index is 3.29. The first-order valence-corrected chi connectivity index (χ1v) is 4.20. The van der Waals surface area contributed by atoms with Gasteiger partial charge in [-0.2, -0.15) is 0 Å². The molecule has 0 unspecified atom stereocenters. The molecular formula is C9H8ClNO3. The summed E-state index contributed by atoms with van der Waals surface area (Å²) < 4.78 is 4.47. The van der Waals surface area contributed by atoms with Gasteiger partial charge in [-0.05, 0) is 19.1 Å². The molecule has 0 aliphatic heterocycles. The van der Waals surface area contributed by atoms with Crippen molar-refractivity contribution in [2.45, 2.75) is 6.92 Å². The van der Waals surface area contributed by atoms with Gasteiger partial charge in [0.1, 0.15) is 5.15 Å². The molecule has 0 atom stereocenters. The highest BCUT2D eigenvalue weighted by molar-refractivity contribution is 6.29. The van der Waals surface area contributed by atoms with E-state index in [1.54, 1.807) is 0 Å². The zero-order valence-electron chi connectivity index (χ0n) is 7.70. The van der Waals surface area contributed by atoms with Gasteiger partial charge in [0.05, 0.1) is 12.7 Å². The van der Waals surface area contributed by atoms with Gasteiger partial charge in [0.25, 0.3) is 0 Å². The minimum absolute atomic E-state index is 0.0486. The van der Waals surface area contributed by atoms with E-state index >= 15 is 0 Å². The van der Waals surface area contributed by atoms with Crippen LogP contribution >= 0.6 is 11.6 Å². The second-order valence-electron chi connectivity index (χ2n) is 2.58. The van der Waals surface area contributed by atoms with Crippen molar-refractivity contribution in [3.63, 3.8) is 0 Å². The Kier molecular flexibility index (Phi) is 3.19. The summed E-state index contributed by atoms with van der Waals surface area (Å²) >= 11 is 5.59. The summed E-state index contributed by atoms with van der Waals surface area (Å²) in [5.41, 5.74) is 0.161. The standard InChI is InChI=1S/C9H8ClNO3/c1-5(12)6-3-4-7(10)11-8(6)9(13)14-2/h3-4H,1-2H3. The fourth-order valence-electron chi connectivity index (χ4n) is 0.972. The van der Waals surface area contributed by atoms with Crippen LogP contribution in [0, 0.1) is 0 Å². The second kappa shape index (κ2) is 4.19. The Morgan fingerprint density at radius 2 is 2.07 bits per heavy atom. The highest BCUT2D eigenvalue weighted by Gasteiger charge is 2.16. The molecule has 0 aliphatic rings. The van der Waals surface area contributed by atoms with Gasteiger partial charge in [-0.1, -0.05) is 11.6 Å². The smallest absolute Gasteiger partial charge is 0.357 e. The van der Waals surface area contributed by atoms with Crippen molar-refractivity contribution in [2.24, 2.45) is 0 Å². The Hall–Kier alpha value is -1.42. The molecule has 1 aromatic rings. The first-order valence-electron chi connectivity index (χ1n) is 3.82. The maximum atomic E-state index is 11.2. The van der Waals surface area contributed by atoms with E-state index in [4.69, 9.17) is 11.6 Å². The number of ether oxygens (including phenoxy) is 1. The first kappa shape index (κ1) is 10.7. The molecule has 14 heavy (non-hydrogen) atoms. The van der Waals surface area contributed by atoms with Crippen LogP contribution in [0.4, 0.5) is 0 Å². The number of methoxy groups -OCH3 is 1. The monoisotopic (exact) mass is 213 g/mol. The van der Waals surface area contributed by atoms with Crippen LogP contribution in [0.15, 0.2) is 12.1 Å². The fraction of sp³-hybridized carbons (Fsp3) is 0.222. The molecule has 0 radical (unpaired) electrons. The molecule has 5 heteroatoms. The van der Waals surface area contributed by atoms with E-state index in [-0.39, 0.29) is 22.2 Å². The molecule has 1 aromatic heterocycles. The van der Waals surface area contributed by atoms with E-state index < -0.39 is 5.97 Å². The van der Waals surface area contributed by atoms with Gasteiger partial charge in [-0.25, -0.2) is 9.78 Å². The Labute approximate surface area is 85.9 Å². The molecule has 0 saturated carbocycles. The average molecular weight is 214 g/mol. The number of carbonyl (C=O) groups is 2. The molecule has 1 rings (SSSR count). The third-order valence-corrected chi connectivity index (χ3v) is 1.83. The molecule has 1 heterocycles. The first-order chi connectivity index (χ1) is 6.56. The highest BCUT2D eigenvalue weighted by Crippen LogP contribution is 2.13. The van der Waals surface area contributed by atoms with Crippen LogP contribution in [-0.4, -0.2) is 23.8 Å². The molecule has 0 amide bonds. The van der Waals surface area contributed by atoms with Crippen LogP contribution in [0.3, 0.4) is 0 Å². The lowest BCUT2D eigenvalue weighted by atomic mass is 10.1. The summed E-state index contributed by atoms with van der Waals surface area (Å²) in [6.07, 6.45) is 0. The normalized spacial score (nSPS) is 9.64. The van der Waals surface area contributed by atoms with Gasteiger partial charge in [0.15, 0.2) is 11.5 Å². The van der Waals surface area contributed by atoms with Crippen molar-refractivity contribution < 1.29 is 14.3 Å². The summed E-state index contributed by atoms with van der Waals surface area (Å²) in [7, 11) is 1.22. The van der Waals surface area contributed by atoms with E-state index in [0.717, 1.165) is 0 Å². The van der Waals surface area contributed by atoms with Crippen LogP contribution in [0.5, 0.6) is 0 Å². The highest BCUT2D eigenvalue weighted by atomic mass is 35.5. The number of pyridine rings is 1. The number of hydrogen-bond acceptors (Lipinski definition) is 4. The predicted octanol–water partition coefficient (Wildman–Crippen LogP) is 1.72. The Bertz CT molecular complexity index is 390. The number of halogens is 1. The van der Waals surface area contributed by atoms with Crippen molar-refractivity contribution >= 4 is 23.4 Å². The maximum Gasteiger partial charge on any atom is 0.357 e. The Morgan fingerprint density at radius 1 is 1.43 bits per heavy atom. The number of ketones is 1. The lowest BCUT2D eigenvalue weighted by Gasteiger charge is -2.03. The molecule has 0 saturated heterocycles. The molecular weight excluding hydrogens is 206 g/mol. The van der Waals surface area contributed by atoms with Crippen molar-refractivity contribution in [3.8, 4) is 0 Å². The average Bonchev–Trinajstić information content (AvgIpc) is 2.16. The van der Waals surface area contributed by atoms with Crippen molar-refractivity contribution in [2.75, 3.05) is 7.11 Å². The minimum atomic E-state index is -0.669. The summed E-state index contributed by atoms with van der Waals surface area (Å²) in [5.74, 6) is -0.924. The number of rotatable bonds is 2. The molecule has 0 N–H and O–H groups in total. The lowest BCUT2D eigenvalue weighted by Crippen LogP contribution is -2.11. The topological polar surface area (TPSA) is 56.3 Å². The second-order valence-corrected chi connectivity index (χ2v) is 2.97. The van der Waals surface area contributed by atoms with Crippen LogP contribution in [0.1, 0.15) is 27.8 Å².